The van der Waals surface area contributed by atoms with Crippen molar-refractivity contribution in [1.82, 2.24) is 5.32 Å². The Morgan fingerprint density at radius 2 is 1.79 bits per heavy atom. The first-order valence-electron chi connectivity index (χ1n) is 4.41. The van der Waals surface area contributed by atoms with Crippen LogP contribution in [0.4, 0.5) is 0 Å². The Morgan fingerprint density at radius 1 is 1.36 bits per heavy atom. The van der Waals surface area contributed by atoms with Gasteiger partial charge in [0.25, 0.3) is 0 Å². The summed E-state index contributed by atoms with van der Waals surface area (Å²) >= 11 is 5.54. The monoisotopic (exact) mass is 221 g/mol. The highest BCUT2D eigenvalue weighted by molar-refractivity contribution is 6.30. The molecular formula is C9H16ClNO3. The van der Waals surface area contributed by atoms with Gasteiger partial charge in [-0.05, 0) is 19.8 Å². The largest absolute Gasteiger partial charge is 0.480 e. The van der Waals surface area contributed by atoms with E-state index in [2.05, 4.69) is 5.32 Å². The van der Waals surface area contributed by atoms with Crippen LogP contribution in [0.2, 0.25) is 0 Å². The number of rotatable bonds is 4. The average Bonchev–Trinajstić information content (AvgIpc) is 2.02. The molecule has 0 aliphatic heterocycles. The van der Waals surface area contributed by atoms with E-state index in [1.807, 2.05) is 0 Å². The van der Waals surface area contributed by atoms with Crippen molar-refractivity contribution in [1.29, 1.82) is 0 Å². The molecule has 0 fully saturated rings. The molecule has 5 heteroatoms. The van der Waals surface area contributed by atoms with Crippen LogP contribution in [0.15, 0.2) is 0 Å². The Hall–Kier alpha value is -0.770. The number of carboxylic acid groups (broad SMARTS) is 1. The maximum Gasteiger partial charge on any atom is 0.329 e. The molecule has 0 saturated heterocycles. The van der Waals surface area contributed by atoms with Gasteiger partial charge in [-0.25, -0.2) is 4.79 Å². The Bertz CT molecular complexity index is 240. The van der Waals surface area contributed by atoms with Crippen LogP contribution in [-0.2, 0) is 9.59 Å². The lowest BCUT2D eigenvalue weighted by Crippen LogP contribution is -2.57. The highest BCUT2D eigenvalue weighted by Crippen LogP contribution is 2.17. The first-order valence-corrected chi connectivity index (χ1v) is 4.85. The second-order valence-electron chi connectivity index (χ2n) is 3.77. The van der Waals surface area contributed by atoms with E-state index in [-0.39, 0.29) is 5.92 Å². The van der Waals surface area contributed by atoms with E-state index in [0.29, 0.717) is 0 Å². The van der Waals surface area contributed by atoms with E-state index in [4.69, 9.17) is 16.7 Å². The summed E-state index contributed by atoms with van der Waals surface area (Å²) in [4.78, 5) is 22.2. The molecule has 82 valence electrons. The van der Waals surface area contributed by atoms with Crippen molar-refractivity contribution in [3.05, 3.63) is 0 Å². The topological polar surface area (TPSA) is 66.4 Å². The van der Waals surface area contributed by atoms with Crippen molar-refractivity contribution in [2.75, 3.05) is 0 Å². The lowest BCUT2D eigenvalue weighted by atomic mass is 9.88. The summed E-state index contributed by atoms with van der Waals surface area (Å²) in [5.41, 5.74) is -1.26. The van der Waals surface area contributed by atoms with E-state index in [1.165, 1.54) is 13.8 Å². The van der Waals surface area contributed by atoms with Crippen LogP contribution in [-0.4, -0.2) is 27.9 Å². The van der Waals surface area contributed by atoms with Crippen LogP contribution in [0, 0.1) is 5.92 Å². The number of halogens is 1. The van der Waals surface area contributed by atoms with E-state index in [1.54, 1.807) is 13.8 Å². The van der Waals surface area contributed by atoms with Crippen LogP contribution >= 0.6 is 11.6 Å². The summed E-state index contributed by atoms with van der Waals surface area (Å²) in [5.74, 6) is -1.73. The van der Waals surface area contributed by atoms with Crippen LogP contribution in [0.25, 0.3) is 0 Å². The van der Waals surface area contributed by atoms with E-state index in [0.717, 1.165) is 0 Å². The average molecular weight is 222 g/mol. The molecule has 0 aromatic rings. The Labute approximate surface area is 88.6 Å². The molecular weight excluding hydrogens is 206 g/mol. The van der Waals surface area contributed by atoms with Gasteiger partial charge in [-0.1, -0.05) is 13.8 Å². The molecule has 4 nitrogen and oxygen atoms in total. The second kappa shape index (κ2) is 4.64. The highest BCUT2D eigenvalue weighted by Gasteiger charge is 2.38. The minimum Gasteiger partial charge on any atom is -0.480 e. The number of hydrogen-bond acceptors (Lipinski definition) is 2. The Balaban J connectivity index is 4.71. The van der Waals surface area contributed by atoms with Crippen molar-refractivity contribution in [2.45, 2.75) is 38.6 Å². The van der Waals surface area contributed by atoms with E-state index >= 15 is 0 Å². The Kier molecular flexibility index (Phi) is 4.39. The van der Waals surface area contributed by atoms with Crippen LogP contribution in [0.3, 0.4) is 0 Å². The normalized spacial score (nSPS) is 17.3. The van der Waals surface area contributed by atoms with Gasteiger partial charge in [-0.2, -0.15) is 0 Å². The molecule has 0 aromatic carbocycles. The number of carbonyl (C=O) groups excluding carboxylic acids is 1. The van der Waals surface area contributed by atoms with Gasteiger partial charge in [0.2, 0.25) is 5.91 Å². The SMILES string of the molecule is CC(Cl)C(=O)NC(C)(C(=O)O)C(C)C. The molecule has 0 spiro atoms. The van der Waals surface area contributed by atoms with Gasteiger partial charge in [0.15, 0.2) is 0 Å². The van der Waals surface area contributed by atoms with Gasteiger partial charge in [0.05, 0.1) is 0 Å². The maximum atomic E-state index is 11.3. The number of hydrogen-bond donors (Lipinski definition) is 2. The fourth-order valence-electron chi connectivity index (χ4n) is 0.800. The molecule has 2 N–H and O–H groups in total. The molecule has 0 aliphatic rings. The zero-order valence-electron chi connectivity index (χ0n) is 8.80. The molecule has 2 atom stereocenters. The number of carboxylic acids is 1. The predicted molar refractivity (Wildman–Crippen MR) is 54.3 cm³/mol. The fourth-order valence-corrected chi connectivity index (χ4v) is 0.855. The molecule has 0 aromatic heterocycles. The highest BCUT2D eigenvalue weighted by atomic mass is 35.5. The van der Waals surface area contributed by atoms with Crippen LogP contribution in [0.5, 0.6) is 0 Å². The quantitative estimate of drug-likeness (QED) is 0.702. The van der Waals surface area contributed by atoms with E-state index < -0.39 is 22.8 Å². The third-order valence-electron chi connectivity index (χ3n) is 2.34. The zero-order valence-corrected chi connectivity index (χ0v) is 9.55. The fraction of sp³-hybridized carbons (Fsp3) is 0.778. The number of carbonyl (C=O) groups is 2. The molecule has 14 heavy (non-hydrogen) atoms. The molecule has 1 amide bonds. The van der Waals surface area contributed by atoms with Crippen molar-refractivity contribution in [3.63, 3.8) is 0 Å². The molecule has 0 aliphatic carbocycles. The molecule has 0 rings (SSSR count). The lowest BCUT2D eigenvalue weighted by molar-refractivity contribution is -0.148. The van der Waals surface area contributed by atoms with Crippen molar-refractivity contribution >= 4 is 23.5 Å². The molecule has 0 heterocycles. The van der Waals surface area contributed by atoms with Crippen molar-refractivity contribution in [3.8, 4) is 0 Å². The standard InChI is InChI=1S/C9H16ClNO3/c1-5(2)9(4,8(13)14)11-7(12)6(3)10/h5-6H,1-4H3,(H,11,12)(H,13,14). The minimum absolute atomic E-state index is 0.209. The predicted octanol–water partition coefficient (Wildman–Crippen LogP) is 1.23. The minimum atomic E-state index is -1.26. The van der Waals surface area contributed by atoms with Gasteiger partial charge in [0, 0.05) is 0 Å². The smallest absolute Gasteiger partial charge is 0.329 e. The van der Waals surface area contributed by atoms with Gasteiger partial charge in [-0.3, -0.25) is 4.79 Å². The summed E-state index contributed by atoms with van der Waals surface area (Å²) in [5, 5.41) is 10.7. The summed E-state index contributed by atoms with van der Waals surface area (Å²) < 4.78 is 0. The molecule has 2 unspecified atom stereocenters. The third kappa shape index (κ3) is 2.87. The first-order chi connectivity index (χ1) is 6.21. The molecule has 0 bridgehead atoms. The zero-order chi connectivity index (χ0) is 11.5. The van der Waals surface area contributed by atoms with Gasteiger partial charge >= 0.3 is 5.97 Å². The molecule has 0 radical (unpaired) electrons. The Morgan fingerprint density at radius 3 is 2.00 bits per heavy atom. The van der Waals surface area contributed by atoms with E-state index in [9.17, 15) is 9.59 Å². The number of amides is 1. The maximum absolute atomic E-state index is 11.3. The van der Waals surface area contributed by atoms with Crippen LogP contribution in [0.1, 0.15) is 27.7 Å². The van der Waals surface area contributed by atoms with Gasteiger partial charge in [0.1, 0.15) is 10.9 Å². The summed E-state index contributed by atoms with van der Waals surface area (Å²) in [6.45, 7) is 6.43. The second-order valence-corrected chi connectivity index (χ2v) is 4.42. The van der Waals surface area contributed by atoms with Crippen molar-refractivity contribution < 1.29 is 14.7 Å². The molecule has 0 saturated carbocycles. The number of nitrogens with one attached hydrogen (secondary N) is 1. The summed E-state index contributed by atoms with van der Waals surface area (Å²) in [7, 11) is 0. The number of alkyl halides is 1. The summed E-state index contributed by atoms with van der Waals surface area (Å²) in [6.07, 6.45) is 0. The third-order valence-corrected chi connectivity index (χ3v) is 2.54. The number of aliphatic carboxylic acids is 1. The van der Waals surface area contributed by atoms with Crippen LogP contribution < -0.4 is 5.32 Å². The van der Waals surface area contributed by atoms with Crippen molar-refractivity contribution in [2.24, 2.45) is 5.92 Å². The van der Waals surface area contributed by atoms with Gasteiger partial charge in [-0.15, -0.1) is 11.6 Å². The summed E-state index contributed by atoms with van der Waals surface area (Å²) in [6, 6.07) is 0. The first kappa shape index (κ1) is 13.2. The van der Waals surface area contributed by atoms with Gasteiger partial charge < -0.3 is 10.4 Å². The lowest BCUT2D eigenvalue weighted by Gasteiger charge is -2.30.